The van der Waals surface area contributed by atoms with Crippen LogP contribution in [0, 0.1) is 6.92 Å². The number of anilines is 1. The minimum Gasteiger partial charge on any atom is -0.493 e. The van der Waals surface area contributed by atoms with E-state index in [2.05, 4.69) is 5.32 Å². The molecule has 5 nitrogen and oxygen atoms in total. The summed E-state index contributed by atoms with van der Waals surface area (Å²) in [5.41, 5.74) is 2.05. The quantitative estimate of drug-likeness (QED) is 0.844. The predicted octanol–water partition coefficient (Wildman–Crippen LogP) is 3.75. The van der Waals surface area contributed by atoms with Gasteiger partial charge in [-0.25, -0.2) is 0 Å². The third-order valence-corrected chi connectivity index (χ3v) is 3.37. The zero-order chi connectivity index (χ0) is 16.8. The van der Waals surface area contributed by atoms with Crippen molar-refractivity contribution in [3.05, 3.63) is 58.6 Å². The van der Waals surface area contributed by atoms with E-state index >= 15 is 0 Å². The summed E-state index contributed by atoms with van der Waals surface area (Å²) >= 11 is 5.89. The lowest BCUT2D eigenvalue weighted by atomic mass is 10.1. The standard InChI is InChI=1S/C17H16ClNO4/c1-11-10-13(18)4-7-15(11)19-17(22)12-2-5-14(6-3-12)23-9-8-16(20)21/h2-7,10H,8-9H2,1H3,(H,19,22)(H,20,21). The summed E-state index contributed by atoms with van der Waals surface area (Å²) in [5, 5.41) is 12.0. The molecule has 0 aromatic heterocycles. The minimum atomic E-state index is -0.917. The molecule has 0 fully saturated rings. The summed E-state index contributed by atoms with van der Waals surface area (Å²) in [7, 11) is 0. The molecule has 0 radical (unpaired) electrons. The van der Waals surface area contributed by atoms with E-state index < -0.39 is 5.97 Å². The molecule has 0 bridgehead atoms. The molecule has 1 amide bonds. The van der Waals surface area contributed by atoms with Crippen LogP contribution >= 0.6 is 11.6 Å². The Kier molecular flexibility index (Phi) is 5.60. The van der Waals surface area contributed by atoms with Crippen LogP contribution < -0.4 is 10.1 Å². The van der Waals surface area contributed by atoms with Crippen molar-refractivity contribution < 1.29 is 19.4 Å². The van der Waals surface area contributed by atoms with Crippen molar-refractivity contribution in [2.75, 3.05) is 11.9 Å². The number of nitrogens with one attached hydrogen (secondary N) is 1. The predicted molar refractivity (Wildman–Crippen MR) is 88.3 cm³/mol. The van der Waals surface area contributed by atoms with Crippen molar-refractivity contribution in [2.24, 2.45) is 0 Å². The van der Waals surface area contributed by atoms with Crippen molar-refractivity contribution in [3.8, 4) is 5.75 Å². The van der Waals surface area contributed by atoms with Crippen LogP contribution in [0.2, 0.25) is 5.02 Å². The average molecular weight is 334 g/mol. The summed E-state index contributed by atoms with van der Waals surface area (Å²) in [6.07, 6.45) is -0.0713. The molecule has 6 heteroatoms. The van der Waals surface area contributed by atoms with Crippen molar-refractivity contribution in [1.82, 2.24) is 0 Å². The van der Waals surface area contributed by atoms with Crippen LogP contribution in [0.4, 0.5) is 5.69 Å². The molecule has 2 N–H and O–H groups in total. The van der Waals surface area contributed by atoms with Gasteiger partial charge in [-0.15, -0.1) is 0 Å². The van der Waals surface area contributed by atoms with E-state index in [4.69, 9.17) is 21.4 Å². The molecule has 2 aromatic carbocycles. The third-order valence-electron chi connectivity index (χ3n) is 3.14. The molecule has 0 spiro atoms. The summed E-state index contributed by atoms with van der Waals surface area (Å²) in [6, 6.07) is 11.7. The molecule has 0 saturated heterocycles. The van der Waals surface area contributed by atoms with Gasteiger partial charge in [-0.1, -0.05) is 11.6 Å². The number of halogens is 1. The topological polar surface area (TPSA) is 75.6 Å². The second-order valence-electron chi connectivity index (χ2n) is 4.93. The van der Waals surface area contributed by atoms with Crippen LogP contribution in [0.1, 0.15) is 22.3 Å². The molecule has 0 saturated carbocycles. The maximum atomic E-state index is 12.2. The fraction of sp³-hybridized carbons (Fsp3) is 0.176. The molecule has 0 heterocycles. The highest BCUT2D eigenvalue weighted by atomic mass is 35.5. The lowest BCUT2D eigenvalue weighted by molar-refractivity contribution is -0.137. The third kappa shape index (κ3) is 5.00. The molecule has 120 valence electrons. The van der Waals surface area contributed by atoms with Gasteiger partial charge < -0.3 is 15.2 Å². The zero-order valence-electron chi connectivity index (χ0n) is 12.5. The molecule has 2 aromatic rings. The number of aliphatic carboxylic acids is 1. The maximum absolute atomic E-state index is 12.2. The van der Waals surface area contributed by atoms with Crippen molar-refractivity contribution in [1.29, 1.82) is 0 Å². The van der Waals surface area contributed by atoms with Crippen LogP contribution in [0.15, 0.2) is 42.5 Å². The summed E-state index contributed by atoms with van der Waals surface area (Å²) in [6.45, 7) is 1.95. The number of carbonyl (C=O) groups is 2. The Labute approximate surface area is 138 Å². The molecule has 0 aliphatic carbocycles. The average Bonchev–Trinajstić information content (AvgIpc) is 2.50. The highest BCUT2D eigenvalue weighted by Gasteiger charge is 2.08. The number of benzene rings is 2. The van der Waals surface area contributed by atoms with E-state index in [9.17, 15) is 9.59 Å². The number of rotatable bonds is 6. The maximum Gasteiger partial charge on any atom is 0.306 e. The van der Waals surface area contributed by atoms with Crippen molar-refractivity contribution in [2.45, 2.75) is 13.3 Å². The Morgan fingerprint density at radius 1 is 1.17 bits per heavy atom. The van der Waals surface area contributed by atoms with Crippen LogP contribution in [-0.2, 0) is 4.79 Å². The first kappa shape index (κ1) is 16.8. The Bertz CT molecular complexity index is 713. The number of hydrogen-bond acceptors (Lipinski definition) is 3. The van der Waals surface area contributed by atoms with Gasteiger partial charge in [-0.05, 0) is 55.0 Å². The largest absolute Gasteiger partial charge is 0.493 e. The molecule has 0 aliphatic rings. The molecule has 2 rings (SSSR count). The van der Waals surface area contributed by atoms with Crippen LogP contribution in [-0.4, -0.2) is 23.6 Å². The smallest absolute Gasteiger partial charge is 0.306 e. The second kappa shape index (κ2) is 7.65. The monoisotopic (exact) mass is 333 g/mol. The highest BCUT2D eigenvalue weighted by molar-refractivity contribution is 6.30. The van der Waals surface area contributed by atoms with Crippen molar-refractivity contribution in [3.63, 3.8) is 0 Å². The van der Waals surface area contributed by atoms with Crippen molar-refractivity contribution >= 4 is 29.2 Å². The lowest BCUT2D eigenvalue weighted by Crippen LogP contribution is -2.12. The number of aryl methyl sites for hydroxylation is 1. The number of ether oxygens (including phenoxy) is 1. The summed E-state index contributed by atoms with van der Waals surface area (Å²) < 4.78 is 5.27. The fourth-order valence-corrected chi connectivity index (χ4v) is 2.15. The first-order chi connectivity index (χ1) is 11.0. The van der Waals surface area contributed by atoms with Gasteiger partial charge in [-0.2, -0.15) is 0 Å². The van der Waals surface area contributed by atoms with Gasteiger partial charge in [0.15, 0.2) is 0 Å². The number of carboxylic acids is 1. The molecule has 0 unspecified atom stereocenters. The van der Waals surface area contributed by atoms with Crippen LogP contribution in [0.3, 0.4) is 0 Å². The second-order valence-corrected chi connectivity index (χ2v) is 5.37. The van der Waals surface area contributed by atoms with E-state index in [0.717, 1.165) is 5.56 Å². The van der Waals surface area contributed by atoms with Gasteiger partial charge in [-0.3, -0.25) is 9.59 Å². The van der Waals surface area contributed by atoms with Crippen LogP contribution in [0.5, 0.6) is 5.75 Å². The molecular formula is C17H16ClNO4. The number of hydrogen-bond donors (Lipinski definition) is 2. The minimum absolute atomic E-state index is 0.0713. The molecule has 23 heavy (non-hydrogen) atoms. The number of carboxylic acid groups (broad SMARTS) is 1. The van der Waals surface area contributed by atoms with Gasteiger partial charge in [0.1, 0.15) is 5.75 Å². The number of amides is 1. The Hall–Kier alpha value is -2.53. The highest BCUT2D eigenvalue weighted by Crippen LogP contribution is 2.21. The van der Waals surface area contributed by atoms with E-state index in [0.29, 0.717) is 22.0 Å². The van der Waals surface area contributed by atoms with Gasteiger partial charge in [0.05, 0.1) is 13.0 Å². The van der Waals surface area contributed by atoms with Gasteiger partial charge in [0.2, 0.25) is 0 Å². The van der Waals surface area contributed by atoms with Gasteiger partial charge in [0, 0.05) is 16.3 Å². The first-order valence-corrected chi connectivity index (χ1v) is 7.35. The molecule has 0 aliphatic heterocycles. The van der Waals surface area contributed by atoms with Gasteiger partial charge >= 0.3 is 5.97 Å². The SMILES string of the molecule is Cc1cc(Cl)ccc1NC(=O)c1ccc(OCCC(=O)O)cc1. The first-order valence-electron chi connectivity index (χ1n) is 6.98. The zero-order valence-corrected chi connectivity index (χ0v) is 13.3. The van der Waals surface area contributed by atoms with Gasteiger partial charge in [0.25, 0.3) is 5.91 Å². The fourth-order valence-electron chi connectivity index (χ4n) is 1.92. The molecular weight excluding hydrogens is 318 g/mol. The Morgan fingerprint density at radius 3 is 2.48 bits per heavy atom. The van der Waals surface area contributed by atoms with E-state index in [1.807, 2.05) is 6.92 Å². The number of carbonyl (C=O) groups excluding carboxylic acids is 1. The Morgan fingerprint density at radius 2 is 1.87 bits per heavy atom. The summed E-state index contributed by atoms with van der Waals surface area (Å²) in [5.74, 6) is -0.641. The molecule has 0 atom stereocenters. The van der Waals surface area contributed by atoms with E-state index in [1.165, 1.54) is 0 Å². The Balaban J connectivity index is 1.98. The normalized spacial score (nSPS) is 10.2. The summed E-state index contributed by atoms with van der Waals surface area (Å²) in [4.78, 5) is 22.6. The van der Waals surface area contributed by atoms with Crippen LogP contribution in [0.25, 0.3) is 0 Å². The lowest BCUT2D eigenvalue weighted by Gasteiger charge is -2.09. The van der Waals surface area contributed by atoms with E-state index in [1.54, 1.807) is 42.5 Å². The van der Waals surface area contributed by atoms with E-state index in [-0.39, 0.29) is 18.9 Å².